The number of pyridine rings is 2. The zero-order valence-electron chi connectivity index (χ0n) is 27.4. The molecule has 0 aliphatic heterocycles. The van der Waals surface area contributed by atoms with E-state index in [9.17, 15) is 0 Å². The molecule has 0 saturated carbocycles. The number of furan rings is 1. The van der Waals surface area contributed by atoms with E-state index in [2.05, 4.69) is 72.8 Å². The van der Waals surface area contributed by atoms with Gasteiger partial charge in [0.15, 0.2) is 5.82 Å². The maximum Gasteiger partial charge on any atom is 0.160 e. The van der Waals surface area contributed by atoms with Crippen LogP contribution in [0.4, 0.5) is 0 Å². The third kappa shape index (κ3) is 5.20. The molecule has 10 rings (SSSR count). The maximum atomic E-state index is 6.48. The largest absolute Gasteiger partial charge is 0.455 e. The lowest BCUT2D eigenvalue weighted by Gasteiger charge is -2.14. The molecule has 10 aromatic rings. The molecular formula is C46H28N4O. The molecule has 5 heteroatoms. The van der Waals surface area contributed by atoms with Crippen molar-refractivity contribution in [3.05, 3.63) is 170 Å². The van der Waals surface area contributed by atoms with E-state index in [0.717, 1.165) is 94.1 Å². The molecule has 0 saturated heterocycles. The van der Waals surface area contributed by atoms with Crippen LogP contribution in [0, 0.1) is 0 Å². The van der Waals surface area contributed by atoms with E-state index in [1.807, 2.05) is 97.3 Å². The van der Waals surface area contributed by atoms with Gasteiger partial charge in [-0.15, -0.1) is 0 Å². The molecule has 4 heterocycles. The Morgan fingerprint density at radius 1 is 0.392 bits per heavy atom. The fourth-order valence-corrected chi connectivity index (χ4v) is 6.96. The Morgan fingerprint density at radius 3 is 1.71 bits per heavy atom. The van der Waals surface area contributed by atoms with Crippen molar-refractivity contribution in [2.75, 3.05) is 0 Å². The van der Waals surface area contributed by atoms with Crippen molar-refractivity contribution in [3.8, 4) is 56.2 Å². The van der Waals surface area contributed by atoms with Crippen LogP contribution >= 0.6 is 0 Å². The predicted octanol–water partition coefficient (Wildman–Crippen LogP) is 11.8. The van der Waals surface area contributed by atoms with Crippen LogP contribution in [-0.4, -0.2) is 19.9 Å². The van der Waals surface area contributed by atoms with Crippen LogP contribution in [0.15, 0.2) is 175 Å². The van der Waals surface area contributed by atoms with E-state index in [4.69, 9.17) is 24.4 Å². The average Bonchev–Trinajstić information content (AvgIpc) is 3.59. The monoisotopic (exact) mass is 652 g/mol. The summed E-state index contributed by atoms with van der Waals surface area (Å²) in [6.45, 7) is 0. The van der Waals surface area contributed by atoms with Gasteiger partial charge >= 0.3 is 0 Å². The standard InChI is InChI=1S/C46H28N4O/c1-2-11-29(12-3-1)46-49-42(26-43(50-46)39-17-10-16-38-37-15-6-9-20-44(37)51-45(38)39)34-24-32(35-21-30-13-4-7-18-40(30)47-27-35)23-33(25-34)36-22-31-14-5-8-19-41(31)48-28-36/h1-28H. The summed E-state index contributed by atoms with van der Waals surface area (Å²) < 4.78 is 6.48. The third-order valence-electron chi connectivity index (χ3n) is 9.51. The lowest BCUT2D eigenvalue weighted by Crippen LogP contribution is -1.97. The summed E-state index contributed by atoms with van der Waals surface area (Å²) >= 11 is 0. The van der Waals surface area contributed by atoms with Crippen LogP contribution in [0.5, 0.6) is 0 Å². The van der Waals surface area contributed by atoms with E-state index in [1.54, 1.807) is 0 Å². The Kier molecular flexibility index (Phi) is 6.74. The number of benzene rings is 6. The number of nitrogens with zero attached hydrogens (tertiary/aromatic N) is 4. The highest BCUT2D eigenvalue weighted by Gasteiger charge is 2.18. The van der Waals surface area contributed by atoms with Gasteiger partial charge in [0.1, 0.15) is 11.2 Å². The number of aromatic nitrogens is 4. The smallest absolute Gasteiger partial charge is 0.160 e. The molecular weight excluding hydrogens is 625 g/mol. The molecule has 0 spiro atoms. The second kappa shape index (κ2) is 11.9. The van der Waals surface area contributed by atoms with E-state index in [-0.39, 0.29) is 0 Å². The Hall–Kier alpha value is -6.98. The third-order valence-corrected chi connectivity index (χ3v) is 9.51. The van der Waals surface area contributed by atoms with Crippen molar-refractivity contribution in [1.82, 2.24) is 19.9 Å². The van der Waals surface area contributed by atoms with Crippen molar-refractivity contribution in [2.24, 2.45) is 0 Å². The molecule has 5 nitrogen and oxygen atoms in total. The molecule has 0 radical (unpaired) electrons. The topological polar surface area (TPSA) is 64.7 Å². The number of rotatable bonds is 5. The number of fused-ring (bicyclic) bond motifs is 5. The van der Waals surface area contributed by atoms with Crippen LogP contribution in [0.3, 0.4) is 0 Å². The van der Waals surface area contributed by atoms with Crippen molar-refractivity contribution >= 4 is 43.7 Å². The SMILES string of the molecule is c1ccc(-c2nc(-c3cc(-c4cnc5ccccc5c4)cc(-c4cnc5ccccc5c4)c3)cc(-c3cccc4c3oc3ccccc34)n2)cc1. The van der Waals surface area contributed by atoms with Gasteiger partial charge < -0.3 is 4.42 Å². The van der Waals surface area contributed by atoms with E-state index in [1.165, 1.54) is 0 Å². The summed E-state index contributed by atoms with van der Waals surface area (Å²) in [5, 5.41) is 4.31. The minimum atomic E-state index is 0.642. The lowest BCUT2D eigenvalue weighted by atomic mass is 9.94. The van der Waals surface area contributed by atoms with E-state index in [0.29, 0.717) is 5.82 Å². The second-order valence-corrected chi connectivity index (χ2v) is 12.7. The van der Waals surface area contributed by atoms with Crippen LogP contribution in [0.25, 0.3) is 99.9 Å². The Balaban J connectivity index is 1.22. The van der Waals surface area contributed by atoms with Gasteiger partial charge in [0.2, 0.25) is 0 Å². The van der Waals surface area contributed by atoms with Gasteiger partial charge in [-0.2, -0.15) is 0 Å². The molecule has 0 fully saturated rings. The first-order valence-corrected chi connectivity index (χ1v) is 16.9. The van der Waals surface area contributed by atoms with Gasteiger partial charge in [-0.05, 0) is 71.8 Å². The Labute approximate surface area is 293 Å². The normalized spacial score (nSPS) is 11.5. The average molecular weight is 653 g/mol. The highest BCUT2D eigenvalue weighted by Crippen LogP contribution is 2.39. The summed E-state index contributed by atoms with van der Waals surface area (Å²) in [6, 6.07) is 54.1. The zero-order valence-corrected chi connectivity index (χ0v) is 27.4. The van der Waals surface area contributed by atoms with Gasteiger partial charge in [-0.25, -0.2) is 9.97 Å². The molecule has 0 aliphatic carbocycles. The number of hydrogen-bond acceptors (Lipinski definition) is 5. The molecule has 0 aliphatic rings. The molecule has 238 valence electrons. The van der Waals surface area contributed by atoms with Crippen molar-refractivity contribution in [3.63, 3.8) is 0 Å². The highest BCUT2D eigenvalue weighted by molar-refractivity contribution is 6.09. The van der Waals surface area contributed by atoms with Crippen molar-refractivity contribution < 1.29 is 4.42 Å². The van der Waals surface area contributed by atoms with Gasteiger partial charge in [0.25, 0.3) is 0 Å². The highest BCUT2D eigenvalue weighted by atomic mass is 16.3. The second-order valence-electron chi connectivity index (χ2n) is 12.7. The molecule has 0 unspecified atom stereocenters. The van der Waals surface area contributed by atoms with E-state index >= 15 is 0 Å². The molecule has 6 aromatic carbocycles. The van der Waals surface area contributed by atoms with Crippen LogP contribution in [-0.2, 0) is 0 Å². The first-order valence-electron chi connectivity index (χ1n) is 16.9. The fourth-order valence-electron chi connectivity index (χ4n) is 6.96. The molecule has 0 amide bonds. The summed E-state index contributed by atoms with van der Waals surface area (Å²) in [5.74, 6) is 0.642. The fraction of sp³-hybridized carbons (Fsp3) is 0. The quantitative estimate of drug-likeness (QED) is 0.185. The Morgan fingerprint density at radius 2 is 0.980 bits per heavy atom. The van der Waals surface area contributed by atoms with Crippen LogP contribution in [0.1, 0.15) is 0 Å². The van der Waals surface area contributed by atoms with Crippen molar-refractivity contribution in [2.45, 2.75) is 0 Å². The van der Waals surface area contributed by atoms with Crippen LogP contribution in [0.2, 0.25) is 0 Å². The first kappa shape index (κ1) is 29.0. The summed E-state index contributed by atoms with van der Waals surface area (Å²) in [7, 11) is 0. The molecule has 0 N–H and O–H groups in total. The first-order chi connectivity index (χ1) is 25.2. The van der Waals surface area contributed by atoms with Gasteiger partial charge in [-0.3, -0.25) is 9.97 Å². The molecule has 51 heavy (non-hydrogen) atoms. The van der Waals surface area contributed by atoms with Gasteiger partial charge in [-0.1, -0.05) is 97.1 Å². The van der Waals surface area contributed by atoms with Crippen molar-refractivity contribution in [1.29, 1.82) is 0 Å². The van der Waals surface area contributed by atoms with Crippen LogP contribution < -0.4 is 0 Å². The van der Waals surface area contributed by atoms with E-state index < -0.39 is 0 Å². The summed E-state index contributed by atoms with van der Waals surface area (Å²) in [5.41, 5.74) is 12.1. The lowest BCUT2D eigenvalue weighted by molar-refractivity contribution is 0.670. The predicted molar refractivity (Wildman–Crippen MR) is 207 cm³/mol. The minimum Gasteiger partial charge on any atom is -0.455 e. The maximum absolute atomic E-state index is 6.48. The Bertz CT molecular complexity index is 2830. The molecule has 0 bridgehead atoms. The zero-order chi connectivity index (χ0) is 33.7. The minimum absolute atomic E-state index is 0.642. The van der Waals surface area contributed by atoms with Gasteiger partial charge in [0, 0.05) is 61.8 Å². The number of para-hydroxylation sites is 4. The summed E-state index contributed by atoms with van der Waals surface area (Å²) in [6.07, 6.45) is 3.90. The number of hydrogen-bond donors (Lipinski definition) is 0. The molecule has 0 atom stereocenters. The van der Waals surface area contributed by atoms with Gasteiger partial charge in [0.05, 0.1) is 22.4 Å². The molecule has 4 aromatic heterocycles. The summed E-state index contributed by atoms with van der Waals surface area (Å²) in [4.78, 5) is 20.0.